The molecule has 0 atom stereocenters. The van der Waals surface area contributed by atoms with Crippen molar-refractivity contribution in [2.75, 3.05) is 33.5 Å². The van der Waals surface area contributed by atoms with Crippen LogP contribution in [0.1, 0.15) is 24.0 Å². The number of aliphatic imine (C=N–C) groups is 1. The van der Waals surface area contributed by atoms with Gasteiger partial charge in [-0.2, -0.15) is 0 Å². The Labute approximate surface area is 197 Å². The topological polar surface area (TPSA) is 79.8 Å². The van der Waals surface area contributed by atoms with E-state index in [1.165, 1.54) is 11.8 Å². The predicted octanol–water partition coefficient (Wildman–Crippen LogP) is 3.45. The van der Waals surface area contributed by atoms with Crippen LogP contribution in [0.25, 0.3) is 0 Å². The van der Waals surface area contributed by atoms with Crippen molar-refractivity contribution in [1.82, 2.24) is 10.6 Å². The first-order valence-electron chi connectivity index (χ1n) is 9.79. The van der Waals surface area contributed by atoms with E-state index in [2.05, 4.69) is 27.8 Å². The van der Waals surface area contributed by atoms with Gasteiger partial charge in [-0.3, -0.25) is 4.99 Å². The minimum absolute atomic E-state index is 0. The predicted molar refractivity (Wildman–Crippen MR) is 134 cm³/mol. The van der Waals surface area contributed by atoms with Gasteiger partial charge in [-0.15, -0.1) is 24.0 Å². The Balaban J connectivity index is 0.00000450. The number of sulfone groups is 1. The molecule has 0 saturated heterocycles. The van der Waals surface area contributed by atoms with Crippen LogP contribution in [-0.4, -0.2) is 47.9 Å². The summed E-state index contributed by atoms with van der Waals surface area (Å²) in [6.07, 6.45) is 5.21. The molecule has 2 aromatic rings. The van der Waals surface area contributed by atoms with Crippen LogP contribution >= 0.6 is 24.0 Å². The van der Waals surface area contributed by atoms with Gasteiger partial charge in [-0.05, 0) is 61.1 Å². The molecule has 0 spiro atoms. The SMILES string of the molecule is CN=C(NCCCCc1ccc(OC)cc1)NCCc1ccc(S(C)(=O)=O)cc1.I. The number of halogens is 1. The summed E-state index contributed by atoms with van der Waals surface area (Å²) < 4.78 is 28.2. The van der Waals surface area contributed by atoms with Crippen molar-refractivity contribution in [3.8, 4) is 5.75 Å². The lowest BCUT2D eigenvalue weighted by molar-refractivity contribution is 0.414. The molecule has 0 saturated carbocycles. The molecule has 2 aromatic carbocycles. The zero-order valence-corrected chi connectivity index (χ0v) is 21.0. The third-order valence-electron chi connectivity index (χ3n) is 4.62. The standard InChI is InChI=1S/C22H31N3O3S.HI/c1-23-22(24-16-5-4-6-18-7-11-20(28-2)12-8-18)25-17-15-19-9-13-21(14-10-19)29(3,26)27;/h7-14H,4-6,15-17H2,1-3H3,(H2,23,24,25);1H. The molecule has 0 radical (unpaired) electrons. The monoisotopic (exact) mass is 545 g/mol. The molecule has 0 amide bonds. The molecule has 8 heteroatoms. The number of guanidine groups is 1. The van der Waals surface area contributed by atoms with Crippen LogP contribution in [0.4, 0.5) is 0 Å². The lowest BCUT2D eigenvalue weighted by Crippen LogP contribution is -2.38. The largest absolute Gasteiger partial charge is 0.497 e. The van der Waals surface area contributed by atoms with Crippen LogP contribution in [0.5, 0.6) is 5.75 Å². The van der Waals surface area contributed by atoms with E-state index < -0.39 is 9.84 Å². The van der Waals surface area contributed by atoms with E-state index in [1.807, 2.05) is 24.3 Å². The highest BCUT2D eigenvalue weighted by atomic mass is 127. The summed E-state index contributed by atoms with van der Waals surface area (Å²) in [5.74, 6) is 1.67. The maximum Gasteiger partial charge on any atom is 0.190 e. The number of nitrogens with zero attached hydrogens (tertiary/aromatic N) is 1. The Morgan fingerprint density at radius 1 is 0.900 bits per heavy atom. The number of unbranched alkanes of at least 4 members (excludes halogenated alkanes) is 1. The molecule has 0 aromatic heterocycles. The van der Waals surface area contributed by atoms with E-state index in [1.54, 1.807) is 26.3 Å². The van der Waals surface area contributed by atoms with E-state index in [9.17, 15) is 8.42 Å². The van der Waals surface area contributed by atoms with Crippen molar-refractivity contribution in [2.45, 2.75) is 30.6 Å². The number of nitrogens with one attached hydrogen (secondary N) is 2. The normalized spacial score (nSPS) is 11.5. The number of hydrogen-bond acceptors (Lipinski definition) is 4. The molecule has 30 heavy (non-hydrogen) atoms. The van der Waals surface area contributed by atoms with E-state index in [4.69, 9.17) is 4.74 Å². The van der Waals surface area contributed by atoms with Crippen molar-refractivity contribution < 1.29 is 13.2 Å². The van der Waals surface area contributed by atoms with E-state index in [-0.39, 0.29) is 24.0 Å². The second-order valence-corrected chi connectivity index (χ2v) is 8.91. The van der Waals surface area contributed by atoms with Gasteiger partial charge >= 0.3 is 0 Å². The van der Waals surface area contributed by atoms with Crippen LogP contribution in [0.2, 0.25) is 0 Å². The second-order valence-electron chi connectivity index (χ2n) is 6.90. The smallest absolute Gasteiger partial charge is 0.190 e. The van der Waals surface area contributed by atoms with Gasteiger partial charge in [0.15, 0.2) is 15.8 Å². The van der Waals surface area contributed by atoms with Gasteiger partial charge in [-0.25, -0.2) is 8.42 Å². The number of hydrogen-bond donors (Lipinski definition) is 2. The summed E-state index contributed by atoms with van der Waals surface area (Å²) >= 11 is 0. The fraction of sp³-hybridized carbons (Fsp3) is 0.409. The number of aryl methyl sites for hydroxylation is 1. The van der Waals surface area contributed by atoms with E-state index >= 15 is 0 Å². The van der Waals surface area contributed by atoms with E-state index in [0.717, 1.165) is 56.0 Å². The zero-order valence-electron chi connectivity index (χ0n) is 17.8. The molecule has 2 N–H and O–H groups in total. The maximum absolute atomic E-state index is 11.5. The minimum Gasteiger partial charge on any atom is -0.497 e. The molecular formula is C22H32IN3O3S. The van der Waals surface area contributed by atoms with Gasteiger partial charge < -0.3 is 15.4 Å². The third kappa shape index (κ3) is 9.34. The molecule has 0 fully saturated rings. The minimum atomic E-state index is -3.14. The maximum atomic E-state index is 11.5. The van der Waals surface area contributed by atoms with E-state index in [0.29, 0.717) is 4.90 Å². The summed E-state index contributed by atoms with van der Waals surface area (Å²) in [5, 5.41) is 6.62. The Hall–Kier alpha value is -1.81. The molecule has 0 aliphatic rings. The fourth-order valence-corrected chi connectivity index (χ4v) is 3.53. The summed E-state index contributed by atoms with van der Waals surface area (Å²) in [5.41, 5.74) is 2.40. The quantitative estimate of drug-likeness (QED) is 0.207. The van der Waals surface area contributed by atoms with Crippen LogP contribution in [0.15, 0.2) is 58.4 Å². The molecule has 2 rings (SSSR count). The summed E-state index contributed by atoms with van der Waals surface area (Å²) in [6, 6.07) is 15.2. The number of rotatable bonds is 10. The van der Waals surface area contributed by atoms with Gasteiger partial charge in [0.1, 0.15) is 5.75 Å². The lowest BCUT2D eigenvalue weighted by Gasteiger charge is -2.12. The highest BCUT2D eigenvalue weighted by Gasteiger charge is 2.06. The van der Waals surface area contributed by atoms with Crippen molar-refractivity contribution in [3.63, 3.8) is 0 Å². The Morgan fingerprint density at radius 3 is 2.03 bits per heavy atom. The first kappa shape index (κ1) is 26.2. The highest BCUT2D eigenvalue weighted by molar-refractivity contribution is 14.0. The van der Waals surface area contributed by atoms with Crippen molar-refractivity contribution in [2.24, 2.45) is 4.99 Å². The molecule has 0 aliphatic carbocycles. The van der Waals surface area contributed by atoms with Gasteiger partial charge in [0, 0.05) is 26.4 Å². The molecule has 166 valence electrons. The third-order valence-corrected chi connectivity index (χ3v) is 5.75. The first-order chi connectivity index (χ1) is 13.9. The molecule has 0 heterocycles. The molecule has 0 aliphatic heterocycles. The van der Waals surface area contributed by atoms with Crippen molar-refractivity contribution >= 4 is 39.8 Å². The summed E-state index contributed by atoms with van der Waals surface area (Å²) in [4.78, 5) is 4.59. The molecular weight excluding hydrogens is 513 g/mol. The van der Waals surface area contributed by atoms with Crippen LogP contribution in [-0.2, 0) is 22.7 Å². The number of methoxy groups -OCH3 is 1. The van der Waals surface area contributed by atoms with Gasteiger partial charge in [-0.1, -0.05) is 24.3 Å². The average Bonchev–Trinajstić information content (AvgIpc) is 2.72. The average molecular weight is 545 g/mol. The van der Waals surface area contributed by atoms with Crippen molar-refractivity contribution in [1.29, 1.82) is 0 Å². The molecule has 6 nitrogen and oxygen atoms in total. The van der Waals surface area contributed by atoms with Crippen molar-refractivity contribution in [3.05, 3.63) is 59.7 Å². The van der Waals surface area contributed by atoms with Gasteiger partial charge in [0.2, 0.25) is 0 Å². The fourth-order valence-electron chi connectivity index (χ4n) is 2.90. The molecule has 0 unspecified atom stereocenters. The zero-order chi connectivity index (χ0) is 21.1. The summed E-state index contributed by atoms with van der Waals surface area (Å²) in [6.45, 7) is 1.59. The Kier molecular flexibility index (Phi) is 11.8. The highest BCUT2D eigenvalue weighted by Crippen LogP contribution is 2.13. The summed E-state index contributed by atoms with van der Waals surface area (Å²) in [7, 11) is 0.290. The number of benzene rings is 2. The molecule has 0 bridgehead atoms. The first-order valence-corrected chi connectivity index (χ1v) is 11.7. The Bertz CT molecular complexity index is 883. The lowest BCUT2D eigenvalue weighted by atomic mass is 10.1. The second kappa shape index (κ2) is 13.5. The van der Waals surface area contributed by atoms with Crippen LogP contribution in [0.3, 0.4) is 0 Å². The Morgan fingerprint density at radius 2 is 1.47 bits per heavy atom. The van der Waals surface area contributed by atoms with Gasteiger partial charge in [0.25, 0.3) is 0 Å². The number of ether oxygens (including phenoxy) is 1. The van der Waals surface area contributed by atoms with Gasteiger partial charge in [0.05, 0.1) is 12.0 Å². The van der Waals surface area contributed by atoms with Crippen LogP contribution < -0.4 is 15.4 Å². The van der Waals surface area contributed by atoms with Crippen LogP contribution in [0, 0.1) is 0 Å².